The number of likely N-dealkylation sites (tertiary alicyclic amines) is 1. The first-order valence-electron chi connectivity index (χ1n) is 8.65. The lowest BCUT2D eigenvalue weighted by Gasteiger charge is -2.26. The van der Waals surface area contributed by atoms with E-state index < -0.39 is 0 Å². The second kappa shape index (κ2) is 11.5. The van der Waals surface area contributed by atoms with Crippen molar-refractivity contribution in [1.29, 1.82) is 0 Å². The molecule has 0 bridgehead atoms. The molecule has 0 atom stereocenters. The zero-order valence-electron chi connectivity index (χ0n) is 13.6. The number of rotatable bonds is 8. The van der Waals surface area contributed by atoms with E-state index in [0.717, 1.165) is 19.0 Å². The van der Waals surface area contributed by atoms with Crippen LogP contribution in [0.1, 0.15) is 58.3 Å². The van der Waals surface area contributed by atoms with Gasteiger partial charge >= 0.3 is 0 Å². The van der Waals surface area contributed by atoms with Crippen molar-refractivity contribution in [2.45, 2.75) is 64.3 Å². The fourth-order valence-corrected chi connectivity index (χ4v) is 2.74. The fourth-order valence-electron chi connectivity index (χ4n) is 2.74. The van der Waals surface area contributed by atoms with Crippen molar-refractivity contribution in [3.8, 4) is 0 Å². The van der Waals surface area contributed by atoms with Crippen LogP contribution in [0.3, 0.4) is 0 Å². The van der Waals surface area contributed by atoms with E-state index >= 15 is 0 Å². The lowest BCUT2D eigenvalue weighted by Crippen LogP contribution is -2.38. The number of guanidine groups is 1. The highest BCUT2D eigenvalue weighted by Crippen LogP contribution is 2.18. The number of nitrogens with zero attached hydrogens (tertiary/aromatic N) is 2. The van der Waals surface area contributed by atoms with Gasteiger partial charge in [0, 0.05) is 19.1 Å². The summed E-state index contributed by atoms with van der Waals surface area (Å²) in [6.07, 6.45) is 10.7. The quantitative estimate of drug-likeness (QED) is 0.281. The van der Waals surface area contributed by atoms with Gasteiger partial charge in [0.1, 0.15) is 0 Å². The van der Waals surface area contributed by atoms with Crippen LogP contribution in [0.5, 0.6) is 0 Å². The Labute approximate surface area is 147 Å². The maximum absolute atomic E-state index is 4.66. The largest absolute Gasteiger partial charge is 0.357 e. The van der Waals surface area contributed by atoms with Gasteiger partial charge in [-0.3, -0.25) is 4.99 Å². The number of hydrogen-bond acceptors (Lipinski definition) is 2. The number of nitrogens with one attached hydrogen (secondary N) is 2. The molecule has 0 unspecified atom stereocenters. The van der Waals surface area contributed by atoms with E-state index in [0.29, 0.717) is 6.04 Å². The molecule has 0 aromatic carbocycles. The van der Waals surface area contributed by atoms with Gasteiger partial charge in [-0.15, -0.1) is 24.0 Å². The molecule has 0 spiro atoms. The van der Waals surface area contributed by atoms with E-state index in [-0.39, 0.29) is 24.0 Å². The number of unbranched alkanes of at least 4 members (excludes halogenated alkanes) is 2. The Morgan fingerprint density at radius 1 is 1.10 bits per heavy atom. The Balaban J connectivity index is 0.00000220. The van der Waals surface area contributed by atoms with Crippen LogP contribution in [0.2, 0.25) is 0 Å². The molecule has 21 heavy (non-hydrogen) atoms. The minimum absolute atomic E-state index is 0. The number of hydrogen-bond donors (Lipinski definition) is 2. The van der Waals surface area contributed by atoms with Crippen molar-refractivity contribution in [3.05, 3.63) is 0 Å². The first-order chi connectivity index (χ1) is 9.88. The zero-order chi connectivity index (χ0) is 14.0. The van der Waals surface area contributed by atoms with Gasteiger partial charge in [0.05, 0.1) is 0 Å². The summed E-state index contributed by atoms with van der Waals surface area (Å²) < 4.78 is 0. The van der Waals surface area contributed by atoms with Crippen molar-refractivity contribution in [2.75, 3.05) is 32.7 Å². The molecule has 0 radical (unpaired) electrons. The second-order valence-corrected chi connectivity index (χ2v) is 6.14. The average Bonchev–Trinajstić information content (AvgIpc) is 3.28. The molecule has 2 aliphatic rings. The second-order valence-electron chi connectivity index (χ2n) is 6.14. The van der Waals surface area contributed by atoms with Crippen LogP contribution in [-0.4, -0.2) is 49.6 Å². The van der Waals surface area contributed by atoms with Gasteiger partial charge in [-0.25, -0.2) is 0 Å². The summed E-state index contributed by atoms with van der Waals surface area (Å²) in [5, 5.41) is 6.79. The highest BCUT2D eigenvalue weighted by Gasteiger charge is 2.21. The van der Waals surface area contributed by atoms with Crippen molar-refractivity contribution in [3.63, 3.8) is 0 Å². The van der Waals surface area contributed by atoms with Gasteiger partial charge in [-0.1, -0.05) is 12.8 Å². The number of aliphatic imine (C=N–C) groups is 1. The van der Waals surface area contributed by atoms with Gasteiger partial charge in [-0.2, -0.15) is 0 Å². The molecule has 2 N–H and O–H groups in total. The first-order valence-corrected chi connectivity index (χ1v) is 8.65. The Bertz CT molecular complexity index is 286. The standard InChI is InChI=1S/C16H32N4.HI/c1-2-17-16(19-15-9-10-15)18-11-5-3-6-12-20-13-7-4-8-14-20;/h15H,2-14H2,1H3,(H2,17,18,19);1H. The summed E-state index contributed by atoms with van der Waals surface area (Å²) >= 11 is 0. The van der Waals surface area contributed by atoms with Crippen molar-refractivity contribution in [1.82, 2.24) is 15.5 Å². The van der Waals surface area contributed by atoms with Gasteiger partial charge in [-0.05, 0) is 65.1 Å². The van der Waals surface area contributed by atoms with E-state index in [1.54, 1.807) is 0 Å². The molecule has 1 aliphatic carbocycles. The molecule has 1 aliphatic heterocycles. The highest BCUT2D eigenvalue weighted by atomic mass is 127. The average molecular weight is 408 g/mol. The summed E-state index contributed by atoms with van der Waals surface area (Å²) in [5.74, 6) is 1.02. The predicted octanol–water partition coefficient (Wildman–Crippen LogP) is 2.98. The highest BCUT2D eigenvalue weighted by molar-refractivity contribution is 14.0. The Hall–Kier alpha value is -0.0400. The molecular weight excluding hydrogens is 375 g/mol. The third-order valence-electron chi connectivity index (χ3n) is 4.11. The normalized spacial score (nSPS) is 20.0. The molecule has 4 nitrogen and oxygen atoms in total. The van der Waals surface area contributed by atoms with Crippen LogP contribution in [0, 0.1) is 0 Å². The summed E-state index contributed by atoms with van der Waals surface area (Å²) in [6.45, 7) is 7.99. The lowest BCUT2D eigenvalue weighted by molar-refractivity contribution is 0.224. The molecule has 124 valence electrons. The number of halogens is 1. The molecule has 5 heteroatoms. The fraction of sp³-hybridized carbons (Fsp3) is 0.938. The van der Waals surface area contributed by atoms with Crippen LogP contribution in [-0.2, 0) is 0 Å². The van der Waals surface area contributed by atoms with E-state index in [9.17, 15) is 0 Å². The van der Waals surface area contributed by atoms with E-state index in [4.69, 9.17) is 0 Å². The minimum Gasteiger partial charge on any atom is -0.357 e. The molecule has 1 saturated carbocycles. The van der Waals surface area contributed by atoms with Gasteiger partial charge in [0.15, 0.2) is 5.96 Å². The molecule has 0 aromatic heterocycles. The zero-order valence-corrected chi connectivity index (χ0v) is 15.9. The maximum Gasteiger partial charge on any atom is 0.191 e. The Morgan fingerprint density at radius 3 is 2.52 bits per heavy atom. The third-order valence-corrected chi connectivity index (χ3v) is 4.11. The van der Waals surface area contributed by atoms with Crippen LogP contribution in [0.15, 0.2) is 4.99 Å². The Morgan fingerprint density at radius 2 is 1.86 bits per heavy atom. The molecular formula is C16H33IN4. The molecule has 1 saturated heterocycles. The molecule has 2 fully saturated rings. The van der Waals surface area contributed by atoms with E-state index in [2.05, 4.69) is 27.4 Å². The molecule has 0 amide bonds. The van der Waals surface area contributed by atoms with Crippen molar-refractivity contribution in [2.24, 2.45) is 4.99 Å². The molecule has 1 heterocycles. The van der Waals surface area contributed by atoms with Gasteiger partial charge in [0.2, 0.25) is 0 Å². The lowest BCUT2D eigenvalue weighted by atomic mass is 10.1. The Kier molecular flexibility index (Phi) is 10.4. The first kappa shape index (κ1) is 19.0. The summed E-state index contributed by atoms with van der Waals surface area (Å²) in [7, 11) is 0. The summed E-state index contributed by atoms with van der Waals surface area (Å²) in [5.41, 5.74) is 0. The monoisotopic (exact) mass is 408 g/mol. The van der Waals surface area contributed by atoms with Crippen molar-refractivity contribution >= 4 is 29.9 Å². The van der Waals surface area contributed by atoms with Gasteiger partial charge < -0.3 is 15.5 Å². The summed E-state index contributed by atoms with van der Waals surface area (Å²) in [4.78, 5) is 7.29. The summed E-state index contributed by atoms with van der Waals surface area (Å²) in [6, 6.07) is 0.687. The van der Waals surface area contributed by atoms with Crippen LogP contribution >= 0.6 is 24.0 Å². The van der Waals surface area contributed by atoms with Crippen LogP contribution in [0.4, 0.5) is 0 Å². The van der Waals surface area contributed by atoms with E-state index in [1.807, 2.05) is 0 Å². The SMILES string of the molecule is CCNC(=NCCCCCN1CCCCC1)NC1CC1.I. The van der Waals surface area contributed by atoms with Gasteiger partial charge in [0.25, 0.3) is 0 Å². The van der Waals surface area contributed by atoms with E-state index in [1.165, 1.54) is 71.0 Å². The van der Waals surface area contributed by atoms with Crippen LogP contribution < -0.4 is 10.6 Å². The number of piperidine rings is 1. The smallest absolute Gasteiger partial charge is 0.191 e. The van der Waals surface area contributed by atoms with Crippen molar-refractivity contribution < 1.29 is 0 Å². The molecule has 0 aromatic rings. The minimum atomic E-state index is 0. The third kappa shape index (κ3) is 8.86. The maximum atomic E-state index is 4.66. The predicted molar refractivity (Wildman–Crippen MR) is 102 cm³/mol. The molecule has 2 rings (SSSR count). The van der Waals surface area contributed by atoms with Crippen LogP contribution in [0.25, 0.3) is 0 Å². The topological polar surface area (TPSA) is 39.7 Å².